The van der Waals surface area contributed by atoms with Gasteiger partial charge in [0, 0.05) is 23.6 Å². The van der Waals surface area contributed by atoms with Crippen LogP contribution in [-0.4, -0.2) is 21.9 Å². The highest BCUT2D eigenvalue weighted by atomic mass is 79.9. The van der Waals surface area contributed by atoms with Crippen molar-refractivity contribution < 1.29 is 4.74 Å². The second-order valence-electron chi connectivity index (χ2n) is 3.89. The number of H-pyrrole nitrogens is 1. The molecule has 1 unspecified atom stereocenters. The van der Waals surface area contributed by atoms with E-state index in [0.717, 1.165) is 24.4 Å². The molecule has 0 aliphatic heterocycles. The molecule has 1 heterocycles. The number of aromatic amines is 1. The van der Waals surface area contributed by atoms with Crippen molar-refractivity contribution in [3.8, 4) is 5.75 Å². The van der Waals surface area contributed by atoms with Crippen LogP contribution in [0.1, 0.15) is 11.4 Å². The van der Waals surface area contributed by atoms with E-state index >= 15 is 0 Å². The largest absolute Gasteiger partial charge is 0.497 e. The lowest BCUT2D eigenvalue weighted by atomic mass is 10.1. The van der Waals surface area contributed by atoms with Crippen LogP contribution in [-0.2, 0) is 12.8 Å². The van der Waals surface area contributed by atoms with Crippen LogP contribution in [0.25, 0.3) is 0 Å². The van der Waals surface area contributed by atoms with Crippen LogP contribution in [0.15, 0.2) is 36.7 Å². The first-order chi connectivity index (χ1) is 8.28. The fourth-order valence-electron chi connectivity index (χ4n) is 1.75. The molecule has 90 valence electrons. The van der Waals surface area contributed by atoms with Gasteiger partial charge in [0.1, 0.15) is 11.6 Å². The van der Waals surface area contributed by atoms with Gasteiger partial charge in [-0.2, -0.15) is 0 Å². The Labute approximate surface area is 109 Å². The van der Waals surface area contributed by atoms with Crippen LogP contribution >= 0.6 is 15.9 Å². The molecule has 0 saturated carbocycles. The highest BCUT2D eigenvalue weighted by Crippen LogP contribution is 2.18. The summed E-state index contributed by atoms with van der Waals surface area (Å²) in [7, 11) is 1.69. The minimum absolute atomic E-state index is 0.376. The first-order valence-corrected chi connectivity index (χ1v) is 6.45. The maximum absolute atomic E-state index is 5.21. The van der Waals surface area contributed by atoms with Crippen LogP contribution in [0.4, 0.5) is 0 Å². The minimum Gasteiger partial charge on any atom is -0.497 e. The number of imidazole rings is 1. The van der Waals surface area contributed by atoms with Gasteiger partial charge < -0.3 is 9.72 Å². The van der Waals surface area contributed by atoms with Crippen LogP contribution in [0.2, 0.25) is 0 Å². The third kappa shape index (κ3) is 3.60. The van der Waals surface area contributed by atoms with Crippen molar-refractivity contribution in [3.05, 3.63) is 48.0 Å². The molecular weight excluding hydrogens is 280 g/mol. The molecule has 0 radical (unpaired) electrons. The van der Waals surface area contributed by atoms with E-state index < -0.39 is 0 Å². The summed E-state index contributed by atoms with van der Waals surface area (Å²) in [5.74, 6) is 1.91. The average Bonchev–Trinajstić information content (AvgIpc) is 2.82. The Hall–Kier alpha value is -1.29. The van der Waals surface area contributed by atoms with E-state index in [0.29, 0.717) is 4.83 Å². The van der Waals surface area contributed by atoms with Gasteiger partial charge in [-0.15, -0.1) is 0 Å². The predicted molar refractivity (Wildman–Crippen MR) is 71.7 cm³/mol. The van der Waals surface area contributed by atoms with E-state index in [2.05, 4.69) is 38.0 Å². The van der Waals surface area contributed by atoms with Crippen LogP contribution in [0.3, 0.4) is 0 Å². The molecule has 1 N–H and O–H groups in total. The van der Waals surface area contributed by atoms with Crippen LogP contribution < -0.4 is 4.74 Å². The highest BCUT2D eigenvalue weighted by Gasteiger charge is 2.08. The zero-order valence-corrected chi connectivity index (χ0v) is 11.3. The Balaban J connectivity index is 1.95. The summed E-state index contributed by atoms with van der Waals surface area (Å²) in [5, 5.41) is 0. The summed E-state index contributed by atoms with van der Waals surface area (Å²) in [5.41, 5.74) is 1.26. The van der Waals surface area contributed by atoms with Gasteiger partial charge in [-0.25, -0.2) is 4.98 Å². The normalized spacial score (nSPS) is 12.4. The summed E-state index contributed by atoms with van der Waals surface area (Å²) in [6.45, 7) is 0. The monoisotopic (exact) mass is 294 g/mol. The molecule has 1 atom stereocenters. The number of rotatable bonds is 5. The molecule has 4 heteroatoms. The summed E-state index contributed by atoms with van der Waals surface area (Å²) in [4.78, 5) is 7.71. The van der Waals surface area contributed by atoms with Gasteiger partial charge in [0.05, 0.1) is 7.11 Å². The van der Waals surface area contributed by atoms with Gasteiger partial charge in [0.2, 0.25) is 0 Å². The lowest BCUT2D eigenvalue weighted by Gasteiger charge is -2.09. The first-order valence-electron chi connectivity index (χ1n) is 5.53. The van der Waals surface area contributed by atoms with E-state index in [1.165, 1.54) is 5.56 Å². The summed E-state index contributed by atoms with van der Waals surface area (Å²) >= 11 is 3.68. The SMILES string of the molecule is COc1cccc(CC(Br)Cc2ncc[nH]2)c1. The van der Waals surface area contributed by atoms with Crippen molar-refractivity contribution in [2.45, 2.75) is 17.7 Å². The number of hydrogen-bond donors (Lipinski definition) is 1. The Morgan fingerprint density at radius 2 is 2.29 bits per heavy atom. The highest BCUT2D eigenvalue weighted by molar-refractivity contribution is 9.09. The second-order valence-corrected chi connectivity index (χ2v) is 5.19. The molecular formula is C13H15BrN2O. The lowest BCUT2D eigenvalue weighted by molar-refractivity contribution is 0.414. The van der Waals surface area contributed by atoms with Crippen molar-refractivity contribution in [2.75, 3.05) is 7.11 Å². The number of benzene rings is 1. The third-order valence-corrected chi connectivity index (χ3v) is 3.21. The second kappa shape index (κ2) is 5.87. The lowest BCUT2D eigenvalue weighted by Crippen LogP contribution is -2.08. The molecule has 2 rings (SSSR count). The van der Waals surface area contributed by atoms with Crippen molar-refractivity contribution in [1.82, 2.24) is 9.97 Å². The molecule has 1 aromatic heterocycles. The van der Waals surface area contributed by atoms with Crippen molar-refractivity contribution >= 4 is 15.9 Å². The average molecular weight is 295 g/mol. The van der Waals surface area contributed by atoms with E-state index in [9.17, 15) is 0 Å². The van der Waals surface area contributed by atoms with Gasteiger partial charge >= 0.3 is 0 Å². The molecule has 0 fully saturated rings. The maximum Gasteiger partial charge on any atom is 0.119 e. The zero-order chi connectivity index (χ0) is 12.1. The summed E-state index contributed by atoms with van der Waals surface area (Å²) < 4.78 is 5.21. The smallest absolute Gasteiger partial charge is 0.119 e. The minimum atomic E-state index is 0.376. The number of nitrogens with zero attached hydrogens (tertiary/aromatic N) is 1. The maximum atomic E-state index is 5.21. The molecule has 0 amide bonds. The Morgan fingerprint density at radius 3 is 3.00 bits per heavy atom. The Kier molecular flexibility index (Phi) is 4.20. The molecule has 17 heavy (non-hydrogen) atoms. The predicted octanol–water partition coefficient (Wildman–Crippen LogP) is 2.97. The fraction of sp³-hybridized carbons (Fsp3) is 0.308. The topological polar surface area (TPSA) is 37.9 Å². The molecule has 0 aliphatic rings. The number of nitrogens with one attached hydrogen (secondary N) is 1. The van der Waals surface area contributed by atoms with E-state index in [1.54, 1.807) is 13.3 Å². The van der Waals surface area contributed by atoms with Gasteiger partial charge in [-0.3, -0.25) is 0 Å². The first kappa shape index (κ1) is 12.2. The number of alkyl halides is 1. The van der Waals surface area contributed by atoms with Crippen LogP contribution in [0.5, 0.6) is 5.75 Å². The number of hydrogen-bond acceptors (Lipinski definition) is 2. The van der Waals surface area contributed by atoms with Crippen molar-refractivity contribution in [1.29, 1.82) is 0 Å². The zero-order valence-electron chi connectivity index (χ0n) is 9.69. The summed E-state index contributed by atoms with van der Waals surface area (Å²) in [6.07, 6.45) is 5.48. The third-order valence-electron chi connectivity index (χ3n) is 2.56. The number of halogens is 1. The van der Waals surface area contributed by atoms with Gasteiger partial charge in [-0.05, 0) is 24.1 Å². The van der Waals surface area contributed by atoms with E-state index in [-0.39, 0.29) is 0 Å². The van der Waals surface area contributed by atoms with Crippen molar-refractivity contribution in [2.24, 2.45) is 0 Å². The van der Waals surface area contributed by atoms with E-state index in [1.807, 2.05) is 18.3 Å². The Morgan fingerprint density at radius 1 is 1.41 bits per heavy atom. The number of methoxy groups -OCH3 is 1. The molecule has 0 aliphatic carbocycles. The van der Waals surface area contributed by atoms with E-state index in [4.69, 9.17) is 4.74 Å². The molecule has 1 aromatic carbocycles. The van der Waals surface area contributed by atoms with Crippen molar-refractivity contribution in [3.63, 3.8) is 0 Å². The van der Waals surface area contributed by atoms with Crippen LogP contribution in [0, 0.1) is 0 Å². The Bertz CT molecular complexity index is 456. The quantitative estimate of drug-likeness (QED) is 0.861. The number of aromatic nitrogens is 2. The molecule has 0 bridgehead atoms. The van der Waals surface area contributed by atoms with Gasteiger partial charge in [-0.1, -0.05) is 28.1 Å². The molecule has 0 spiro atoms. The van der Waals surface area contributed by atoms with Gasteiger partial charge in [0.15, 0.2) is 0 Å². The summed E-state index contributed by atoms with van der Waals surface area (Å²) in [6, 6.07) is 8.15. The standard InChI is InChI=1S/C13H15BrN2O/c1-17-12-4-2-3-10(8-12)7-11(14)9-13-15-5-6-16-13/h2-6,8,11H,7,9H2,1H3,(H,15,16). The molecule has 0 saturated heterocycles. The molecule has 2 aromatic rings. The van der Waals surface area contributed by atoms with Gasteiger partial charge in [0.25, 0.3) is 0 Å². The number of ether oxygens (including phenoxy) is 1. The molecule has 3 nitrogen and oxygen atoms in total. The fourth-order valence-corrected chi connectivity index (χ4v) is 2.43.